The van der Waals surface area contributed by atoms with Gasteiger partial charge in [0.05, 0.1) is 11.4 Å². The molecular formula is C17H23BrN2. The van der Waals surface area contributed by atoms with Gasteiger partial charge in [0.2, 0.25) is 0 Å². The summed E-state index contributed by atoms with van der Waals surface area (Å²) in [5.41, 5.74) is 2.47. The van der Waals surface area contributed by atoms with Crippen LogP contribution in [0.3, 0.4) is 0 Å². The van der Waals surface area contributed by atoms with Gasteiger partial charge < -0.3 is 10.2 Å². The standard InChI is InChI=1S/C17H23BrN2/c1-11(15-9-12-4-5-13(15)8-12)19-16-10-14(18)6-7-17(16)20(2)3/h4-7,10-13,15,19H,8-9H2,1-3H3. The number of nitrogens with one attached hydrogen (secondary N) is 1. The Morgan fingerprint density at radius 3 is 2.65 bits per heavy atom. The second-order valence-corrected chi connectivity index (χ2v) is 7.35. The molecule has 4 atom stereocenters. The monoisotopic (exact) mass is 334 g/mol. The highest BCUT2D eigenvalue weighted by Crippen LogP contribution is 2.45. The van der Waals surface area contributed by atoms with E-state index in [9.17, 15) is 0 Å². The molecule has 0 aliphatic heterocycles. The summed E-state index contributed by atoms with van der Waals surface area (Å²) in [6.07, 6.45) is 7.57. The van der Waals surface area contributed by atoms with Gasteiger partial charge in [0.25, 0.3) is 0 Å². The van der Waals surface area contributed by atoms with Gasteiger partial charge in [-0.15, -0.1) is 0 Å². The maximum Gasteiger partial charge on any atom is 0.0597 e. The van der Waals surface area contributed by atoms with Gasteiger partial charge in [-0.2, -0.15) is 0 Å². The van der Waals surface area contributed by atoms with Gasteiger partial charge in [0.15, 0.2) is 0 Å². The van der Waals surface area contributed by atoms with Crippen LogP contribution in [0.1, 0.15) is 19.8 Å². The zero-order valence-electron chi connectivity index (χ0n) is 12.4. The quantitative estimate of drug-likeness (QED) is 0.814. The Hall–Kier alpha value is -0.960. The molecule has 1 fully saturated rings. The van der Waals surface area contributed by atoms with E-state index in [1.807, 2.05) is 0 Å². The molecule has 2 aliphatic carbocycles. The molecule has 1 aromatic rings. The van der Waals surface area contributed by atoms with Crippen LogP contribution in [0.15, 0.2) is 34.8 Å². The zero-order valence-corrected chi connectivity index (χ0v) is 14.0. The summed E-state index contributed by atoms with van der Waals surface area (Å²) < 4.78 is 1.13. The fraction of sp³-hybridized carbons (Fsp3) is 0.529. The zero-order chi connectivity index (χ0) is 14.3. The fourth-order valence-electron chi connectivity index (χ4n) is 3.76. The van der Waals surface area contributed by atoms with Crippen molar-refractivity contribution >= 4 is 27.3 Å². The second-order valence-electron chi connectivity index (χ2n) is 6.43. The van der Waals surface area contributed by atoms with E-state index in [4.69, 9.17) is 0 Å². The molecule has 108 valence electrons. The van der Waals surface area contributed by atoms with Crippen molar-refractivity contribution in [2.45, 2.75) is 25.8 Å². The third-order valence-corrected chi connectivity index (χ3v) is 5.29. The Balaban J connectivity index is 1.77. The summed E-state index contributed by atoms with van der Waals surface area (Å²) in [7, 11) is 4.19. The van der Waals surface area contributed by atoms with Crippen molar-refractivity contribution in [1.29, 1.82) is 0 Å². The fourth-order valence-corrected chi connectivity index (χ4v) is 4.13. The molecule has 0 spiro atoms. The molecule has 2 aliphatic rings. The van der Waals surface area contributed by atoms with Crippen molar-refractivity contribution in [2.24, 2.45) is 17.8 Å². The van der Waals surface area contributed by atoms with E-state index in [-0.39, 0.29) is 0 Å². The van der Waals surface area contributed by atoms with Crippen LogP contribution in [-0.4, -0.2) is 20.1 Å². The van der Waals surface area contributed by atoms with Gasteiger partial charge in [0.1, 0.15) is 0 Å². The highest BCUT2D eigenvalue weighted by Gasteiger charge is 2.38. The Morgan fingerprint density at radius 1 is 1.25 bits per heavy atom. The summed E-state index contributed by atoms with van der Waals surface area (Å²) >= 11 is 3.58. The van der Waals surface area contributed by atoms with E-state index in [0.717, 1.165) is 22.2 Å². The SMILES string of the molecule is CC(Nc1cc(Br)ccc1N(C)C)C1CC2C=CC1C2. The van der Waals surface area contributed by atoms with Crippen molar-refractivity contribution in [3.05, 3.63) is 34.8 Å². The maximum absolute atomic E-state index is 3.75. The number of anilines is 2. The van der Waals surface area contributed by atoms with E-state index in [1.165, 1.54) is 24.2 Å². The topological polar surface area (TPSA) is 15.3 Å². The molecule has 4 unspecified atom stereocenters. The normalized spacial score (nSPS) is 28.7. The molecule has 3 heteroatoms. The Bertz CT molecular complexity index is 524. The molecule has 3 rings (SSSR count). The Labute approximate surface area is 130 Å². The maximum atomic E-state index is 3.75. The van der Waals surface area contributed by atoms with Crippen molar-refractivity contribution < 1.29 is 0 Å². The first-order valence-electron chi connectivity index (χ1n) is 7.46. The lowest BCUT2D eigenvalue weighted by Gasteiger charge is -2.29. The number of hydrogen-bond acceptors (Lipinski definition) is 2. The summed E-state index contributed by atoms with van der Waals surface area (Å²) in [4.78, 5) is 2.17. The van der Waals surface area contributed by atoms with Gasteiger partial charge in [-0.25, -0.2) is 0 Å². The summed E-state index contributed by atoms with van der Waals surface area (Å²) in [6.45, 7) is 2.33. The average molecular weight is 335 g/mol. The summed E-state index contributed by atoms with van der Waals surface area (Å²) in [6, 6.07) is 6.98. The van der Waals surface area contributed by atoms with Crippen LogP contribution >= 0.6 is 15.9 Å². The van der Waals surface area contributed by atoms with Crippen molar-refractivity contribution in [2.75, 3.05) is 24.3 Å². The average Bonchev–Trinajstić information content (AvgIpc) is 3.00. The van der Waals surface area contributed by atoms with E-state index in [1.54, 1.807) is 0 Å². The first-order valence-corrected chi connectivity index (χ1v) is 8.25. The van der Waals surface area contributed by atoms with Gasteiger partial charge in [-0.05, 0) is 55.7 Å². The van der Waals surface area contributed by atoms with Crippen molar-refractivity contribution in [3.8, 4) is 0 Å². The van der Waals surface area contributed by atoms with E-state index >= 15 is 0 Å². The predicted molar refractivity (Wildman–Crippen MR) is 90.4 cm³/mol. The molecule has 1 N–H and O–H groups in total. The number of benzene rings is 1. The molecule has 2 nitrogen and oxygen atoms in total. The van der Waals surface area contributed by atoms with E-state index < -0.39 is 0 Å². The Morgan fingerprint density at radius 2 is 2.05 bits per heavy atom. The van der Waals surface area contributed by atoms with E-state index in [0.29, 0.717) is 6.04 Å². The molecule has 2 bridgehead atoms. The van der Waals surface area contributed by atoms with Crippen LogP contribution in [-0.2, 0) is 0 Å². The van der Waals surface area contributed by atoms with Crippen LogP contribution < -0.4 is 10.2 Å². The number of rotatable bonds is 4. The number of fused-ring (bicyclic) bond motifs is 2. The lowest BCUT2D eigenvalue weighted by molar-refractivity contribution is 0.400. The molecule has 1 aromatic carbocycles. The molecule has 0 saturated heterocycles. The smallest absolute Gasteiger partial charge is 0.0597 e. The minimum absolute atomic E-state index is 0.517. The van der Waals surface area contributed by atoms with Crippen LogP contribution in [0.25, 0.3) is 0 Å². The van der Waals surface area contributed by atoms with Crippen LogP contribution in [0, 0.1) is 17.8 Å². The van der Waals surface area contributed by atoms with Gasteiger partial charge >= 0.3 is 0 Å². The molecule has 20 heavy (non-hydrogen) atoms. The summed E-state index contributed by atoms with van der Waals surface area (Å²) in [5, 5.41) is 3.75. The minimum atomic E-state index is 0.517. The number of allylic oxidation sites excluding steroid dienone is 2. The first-order chi connectivity index (χ1) is 9.54. The van der Waals surface area contributed by atoms with Crippen molar-refractivity contribution in [1.82, 2.24) is 0 Å². The number of hydrogen-bond donors (Lipinski definition) is 1. The Kier molecular flexibility index (Phi) is 3.80. The highest BCUT2D eigenvalue weighted by atomic mass is 79.9. The first kappa shape index (κ1) is 14.0. The van der Waals surface area contributed by atoms with Gasteiger partial charge in [0, 0.05) is 24.6 Å². The molecule has 0 heterocycles. The molecule has 0 aromatic heterocycles. The van der Waals surface area contributed by atoms with Crippen LogP contribution in [0.2, 0.25) is 0 Å². The number of halogens is 1. The third-order valence-electron chi connectivity index (χ3n) is 4.80. The molecule has 0 amide bonds. The minimum Gasteiger partial charge on any atom is -0.381 e. The predicted octanol–water partition coefficient (Wildman–Crippen LogP) is 4.53. The highest BCUT2D eigenvalue weighted by molar-refractivity contribution is 9.10. The van der Waals surface area contributed by atoms with Crippen molar-refractivity contribution in [3.63, 3.8) is 0 Å². The number of nitrogens with zero attached hydrogens (tertiary/aromatic N) is 1. The summed E-state index contributed by atoms with van der Waals surface area (Å²) in [5.74, 6) is 2.40. The molecular weight excluding hydrogens is 312 g/mol. The molecule has 1 saturated carbocycles. The second kappa shape index (κ2) is 5.44. The largest absolute Gasteiger partial charge is 0.381 e. The van der Waals surface area contributed by atoms with Gasteiger partial charge in [-0.1, -0.05) is 28.1 Å². The van der Waals surface area contributed by atoms with Gasteiger partial charge in [-0.3, -0.25) is 0 Å². The van der Waals surface area contributed by atoms with E-state index in [2.05, 4.69) is 77.5 Å². The van der Waals surface area contributed by atoms with Crippen LogP contribution in [0.4, 0.5) is 11.4 Å². The molecule has 0 radical (unpaired) electrons. The van der Waals surface area contributed by atoms with Crippen LogP contribution in [0.5, 0.6) is 0 Å². The lowest BCUT2D eigenvalue weighted by atomic mass is 9.87. The lowest BCUT2D eigenvalue weighted by Crippen LogP contribution is -2.29. The third kappa shape index (κ3) is 2.60.